The molecule has 5 rings (SSSR count). The van der Waals surface area contributed by atoms with Crippen molar-refractivity contribution in [3.05, 3.63) is 95.1 Å². The first kappa shape index (κ1) is 19.5. The zero-order valence-corrected chi connectivity index (χ0v) is 17.5. The van der Waals surface area contributed by atoms with Gasteiger partial charge in [-0.05, 0) is 40.0 Å². The quantitative estimate of drug-likeness (QED) is 0.405. The highest BCUT2D eigenvalue weighted by atomic mass is 35.5. The van der Waals surface area contributed by atoms with E-state index in [0.717, 1.165) is 17.5 Å². The fraction of sp³-hybridized carbons (Fsp3) is 0.192. The van der Waals surface area contributed by atoms with Crippen molar-refractivity contribution in [2.45, 2.75) is 32.1 Å². The first-order chi connectivity index (χ1) is 13.6. The van der Waals surface area contributed by atoms with Gasteiger partial charge in [0.2, 0.25) is 0 Å². The molecule has 3 aromatic carbocycles. The summed E-state index contributed by atoms with van der Waals surface area (Å²) >= 11 is 0. The van der Waals surface area contributed by atoms with Crippen LogP contribution in [0.2, 0.25) is 0 Å². The number of hydrogen-bond acceptors (Lipinski definition) is 2. The van der Waals surface area contributed by atoms with Crippen molar-refractivity contribution in [2.75, 3.05) is 5.73 Å². The maximum Gasteiger partial charge on any atom is 0.131 e. The van der Waals surface area contributed by atoms with Crippen molar-refractivity contribution in [3.8, 4) is 11.3 Å². The molecule has 0 aliphatic heterocycles. The lowest BCUT2D eigenvalue weighted by Crippen LogP contribution is -2.15. The van der Waals surface area contributed by atoms with Gasteiger partial charge in [-0.1, -0.05) is 86.6 Å². The van der Waals surface area contributed by atoms with Crippen LogP contribution in [0.1, 0.15) is 47.9 Å². The summed E-state index contributed by atoms with van der Waals surface area (Å²) in [5.74, 6) is 1.43. The van der Waals surface area contributed by atoms with E-state index in [0.29, 0.717) is 11.7 Å². The number of anilines is 1. The summed E-state index contributed by atoms with van der Waals surface area (Å²) in [6, 6.07) is 26.1. The molecule has 146 valence electrons. The van der Waals surface area contributed by atoms with Gasteiger partial charge in [-0.3, -0.25) is 0 Å². The van der Waals surface area contributed by atoms with Crippen LogP contribution in [0.5, 0.6) is 0 Å². The molecule has 0 saturated carbocycles. The molecule has 0 fully saturated rings. The van der Waals surface area contributed by atoms with Gasteiger partial charge in [0.1, 0.15) is 5.82 Å². The van der Waals surface area contributed by atoms with Crippen molar-refractivity contribution >= 4 is 29.0 Å². The SMILES string of the molecule is CC(C)c1ccc(C2Cc3ccccc3-c3nc(N)c4ccccc4c32)cc1.Cl. The summed E-state index contributed by atoms with van der Waals surface area (Å²) < 4.78 is 0. The van der Waals surface area contributed by atoms with Crippen LogP contribution in [0.3, 0.4) is 0 Å². The molecular weight excluding hydrogens is 376 g/mol. The Balaban J connectivity index is 0.00000205. The molecule has 1 aromatic heterocycles. The molecule has 2 nitrogen and oxygen atoms in total. The molecule has 1 heterocycles. The van der Waals surface area contributed by atoms with Crippen molar-refractivity contribution < 1.29 is 0 Å². The number of fused-ring (bicyclic) bond motifs is 5. The smallest absolute Gasteiger partial charge is 0.131 e. The maximum atomic E-state index is 6.36. The van der Waals surface area contributed by atoms with Crippen LogP contribution in [-0.2, 0) is 6.42 Å². The van der Waals surface area contributed by atoms with E-state index >= 15 is 0 Å². The van der Waals surface area contributed by atoms with E-state index in [-0.39, 0.29) is 18.3 Å². The van der Waals surface area contributed by atoms with Crippen LogP contribution < -0.4 is 5.73 Å². The second kappa shape index (κ2) is 7.53. The van der Waals surface area contributed by atoms with Crippen LogP contribution in [0.15, 0.2) is 72.8 Å². The third-order valence-electron chi connectivity index (χ3n) is 6.03. The minimum absolute atomic E-state index is 0. The third-order valence-corrected chi connectivity index (χ3v) is 6.03. The summed E-state index contributed by atoms with van der Waals surface area (Å²) in [6.07, 6.45) is 0.986. The van der Waals surface area contributed by atoms with E-state index in [4.69, 9.17) is 10.7 Å². The number of aromatic nitrogens is 1. The fourth-order valence-electron chi connectivity index (χ4n) is 4.52. The number of nitrogens with zero attached hydrogens (tertiary/aromatic N) is 1. The Morgan fingerprint density at radius 1 is 0.862 bits per heavy atom. The average Bonchev–Trinajstić information content (AvgIpc) is 2.73. The molecule has 1 aliphatic carbocycles. The van der Waals surface area contributed by atoms with Crippen molar-refractivity contribution in [1.29, 1.82) is 0 Å². The molecule has 0 amide bonds. The summed E-state index contributed by atoms with van der Waals surface area (Å²) in [7, 11) is 0. The summed E-state index contributed by atoms with van der Waals surface area (Å²) in [6.45, 7) is 4.47. The lowest BCUT2D eigenvalue weighted by atomic mass is 9.76. The fourth-order valence-corrected chi connectivity index (χ4v) is 4.52. The Bertz CT molecular complexity index is 1180. The van der Waals surface area contributed by atoms with Crippen LogP contribution in [-0.4, -0.2) is 4.98 Å². The Morgan fingerprint density at radius 3 is 2.24 bits per heavy atom. The highest BCUT2D eigenvalue weighted by Crippen LogP contribution is 2.45. The van der Waals surface area contributed by atoms with Crippen LogP contribution in [0.4, 0.5) is 5.82 Å². The van der Waals surface area contributed by atoms with E-state index in [9.17, 15) is 0 Å². The lowest BCUT2D eigenvalue weighted by molar-refractivity contribution is 0.791. The highest BCUT2D eigenvalue weighted by Gasteiger charge is 2.29. The van der Waals surface area contributed by atoms with E-state index < -0.39 is 0 Å². The largest absolute Gasteiger partial charge is 0.383 e. The molecule has 0 spiro atoms. The van der Waals surface area contributed by atoms with Crippen molar-refractivity contribution in [2.24, 2.45) is 0 Å². The number of nitrogens with two attached hydrogens (primary N) is 1. The Labute approximate surface area is 178 Å². The topological polar surface area (TPSA) is 38.9 Å². The normalized spacial score (nSPS) is 14.9. The number of hydrogen-bond donors (Lipinski definition) is 1. The van der Waals surface area contributed by atoms with Gasteiger partial charge < -0.3 is 5.73 Å². The maximum absolute atomic E-state index is 6.36. The zero-order chi connectivity index (χ0) is 19.3. The van der Waals surface area contributed by atoms with Gasteiger partial charge in [-0.15, -0.1) is 12.4 Å². The van der Waals surface area contributed by atoms with Gasteiger partial charge in [0.15, 0.2) is 0 Å². The molecule has 0 bridgehead atoms. The van der Waals surface area contributed by atoms with Gasteiger partial charge in [0.25, 0.3) is 0 Å². The molecule has 0 radical (unpaired) electrons. The number of benzene rings is 3. The van der Waals surface area contributed by atoms with E-state index in [1.54, 1.807) is 0 Å². The monoisotopic (exact) mass is 400 g/mol. The number of pyridine rings is 1. The molecule has 1 aliphatic rings. The van der Waals surface area contributed by atoms with E-state index in [1.807, 2.05) is 6.07 Å². The standard InChI is InChI=1S/C26H24N2.ClH/c1-16(2)17-11-13-18(14-12-17)23-15-19-7-3-4-8-20(19)25-24(23)21-9-5-6-10-22(21)26(27)28-25;/h3-14,16,23H,15H2,1-2H3,(H2,27,28);1H. The zero-order valence-electron chi connectivity index (χ0n) is 16.7. The van der Waals surface area contributed by atoms with Crippen LogP contribution in [0.25, 0.3) is 22.0 Å². The molecule has 3 heteroatoms. The second-order valence-electron chi connectivity index (χ2n) is 8.04. The van der Waals surface area contributed by atoms with E-state index in [2.05, 4.69) is 80.6 Å². The summed E-state index contributed by atoms with van der Waals surface area (Å²) in [5, 5.41) is 2.27. The number of halogens is 1. The average molecular weight is 401 g/mol. The summed E-state index contributed by atoms with van der Waals surface area (Å²) in [5.41, 5.74) is 14.0. The van der Waals surface area contributed by atoms with Crippen LogP contribution >= 0.6 is 12.4 Å². The number of rotatable bonds is 2. The van der Waals surface area contributed by atoms with Crippen molar-refractivity contribution in [3.63, 3.8) is 0 Å². The molecule has 2 N–H and O–H groups in total. The third kappa shape index (κ3) is 3.18. The molecule has 29 heavy (non-hydrogen) atoms. The minimum Gasteiger partial charge on any atom is -0.383 e. The molecule has 4 aromatic rings. The van der Waals surface area contributed by atoms with Gasteiger partial charge in [-0.2, -0.15) is 0 Å². The molecule has 0 saturated heterocycles. The van der Waals surface area contributed by atoms with Gasteiger partial charge >= 0.3 is 0 Å². The number of nitrogen functional groups attached to an aromatic ring is 1. The Morgan fingerprint density at radius 2 is 1.52 bits per heavy atom. The van der Waals surface area contributed by atoms with E-state index in [1.165, 1.54) is 33.2 Å². The van der Waals surface area contributed by atoms with Crippen LogP contribution in [0, 0.1) is 0 Å². The summed E-state index contributed by atoms with van der Waals surface area (Å²) in [4.78, 5) is 4.88. The Kier molecular flexibility index (Phi) is 5.06. The molecular formula is C26H25ClN2. The molecule has 1 atom stereocenters. The Hall–Kier alpha value is -2.84. The first-order valence-electron chi connectivity index (χ1n) is 9.99. The predicted molar refractivity (Wildman–Crippen MR) is 125 cm³/mol. The van der Waals surface area contributed by atoms with Gasteiger partial charge in [0, 0.05) is 16.9 Å². The lowest BCUT2D eigenvalue weighted by Gasteiger charge is -2.29. The van der Waals surface area contributed by atoms with Crippen molar-refractivity contribution in [1.82, 2.24) is 4.98 Å². The molecule has 1 unspecified atom stereocenters. The van der Waals surface area contributed by atoms with Gasteiger partial charge in [-0.25, -0.2) is 4.98 Å². The second-order valence-corrected chi connectivity index (χ2v) is 8.04. The predicted octanol–water partition coefficient (Wildman–Crippen LogP) is 6.72. The van der Waals surface area contributed by atoms with Gasteiger partial charge in [0.05, 0.1) is 5.69 Å². The first-order valence-corrected chi connectivity index (χ1v) is 9.99. The highest BCUT2D eigenvalue weighted by molar-refractivity contribution is 5.98. The minimum atomic E-state index is 0.